The third-order valence-corrected chi connectivity index (χ3v) is 2.27. The van der Waals surface area contributed by atoms with Gasteiger partial charge in [0.1, 0.15) is 0 Å². The molecule has 1 atom stereocenters. The third-order valence-electron chi connectivity index (χ3n) is 2.27. The van der Waals surface area contributed by atoms with Crippen molar-refractivity contribution in [3.05, 3.63) is 48.0 Å². The molecule has 2 heteroatoms. The Kier molecular flexibility index (Phi) is 2.46. The van der Waals surface area contributed by atoms with Gasteiger partial charge in [-0.05, 0) is 16.3 Å². The van der Waals surface area contributed by atoms with E-state index < -0.39 is 6.36 Å². The van der Waals surface area contributed by atoms with Gasteiger partial charge < -0.3 is 5.11 Å². The van der Waals surface area contributed by atoms with Gasteiger partial charge in [0.2, 0.25) is 0 Å². The van der Waals surface area contributed by atoms with Crippen LogP contribution in [0.15, 0.2) is 42.5 Å². The van der Waals surface area contributed by atoms with Crippen LogP contribution in [-0.4, -0.2) is 11.5 Å². The van der Waals surface area contributed by atoms with Crippen molar-refractivity contribution in [2.75, 3.05) is 0 Å². The number of aliphatic hydroxyl groups excluding tert-OH is 1. The topological polar surface area (TPSA) is 20.2 Å². The number of alkyl halides is 1. The fraction of sp³-hybridized carbons (Fsp3) is 0.167. The summed E-state index contributed by atoms with van der Waals surface area (Å²) in [5.41, 5.74) is 0.845. The molecule has 1 nitrogen and oxygen atoms in total. The van der Waals surface area contributed by atoms with Crippen LogP contribution in [0.25, 0.3) is 10.8 Å². The van der Waals surface area contributed by atoms with Gasteiger partial charge in [-0.25, -0.2) is 4.39 Å². The highest BCUT2D eigenvalue weighted by atomic mass is 19.1. The Morgan fingerprint density at radius 2 is 1.79 bits per heavy atom. The number of rotatable bonds is 2. The van der Waals surface area contributed by atoms with Crippen molar-refractivity contribution >= 4 is 10.8 Å². The summed E-state index contributed by atoms with van der Waals surface area (Å²) in [6.07, 6.45) is -1.72. The van der Waals surface area contributed by atoms with E-state index in [1.807, 2.05) is 42.5 Å². The minimum Gasteiger partial charge on any atom is -0.364 e. The van der Waals surface area contributed by atoms with Gasteiger partial charge in [-0.3, -0.25) is 0 Å². The molecule has 0 aliphatic carbocycles. The molecule has 0 fully saturated rings. The molecule has 1 unspecified atom stereocenters. The van der Waals surface area contributed by atoms with Crippen molar-refractivity contribution in [2.24, 2.45) is 0 Å². The average molecular weight is 190 g/mol. The maximum absolute atomic E-state index is 12.5. The first-order valence-electron chi connectivity index (χ1n) is 4.56. The smallest absolute Gasteiger partial charge is 0.200 e. The zero-order valence-electron chi connectivity index (χ0n) is 7.65. The average Bonchev–Trinajstić information content (AvgIpc) is 2.18. The van der Waals surface area contributed by atoms with Crippen molar-refractivity contribution < 1.29 is 9.50 Å². The van der Waals surface area contributed by atoms with Gasteiger partial charge in [-0.15, -0.1) is 0 Å². The molecule has 0 spiro atoms. The number of fused-ring (bicyclic) bond motifs is 1. The normalized spacial score (nSPS) is 13.0. The second-order valence-electron chi connectivity index (χ2n) is 3.28. The largest absolute Gasteiger partial charge is 0.364 e. The number of hydrogen-bond donors (Lipinski definition) is 1. The Morgan fingerprint density at radius 1 is 1.07 bits per heavy atom. The molecule has 1 N–H and O–H groups in total. The third kappa shape index (κ3) is 1.75. The molecule has 2 aromatic carbocycles. The maximum Gasteiger partial charge on any atom is 0.200 e. The fourth-order valence-corrected chi connectivity index (χ4v) is 1.65. The summed E-state index contributed by atoms with van der Waals surface area (Å²) >= 11 is 0. The number of hydrogen-bond acceptors (Lipinski definition) is 1. The van der Waals surface area contributed by atoms with E-state index >= 15 is 0 Å². The summed E-state index contributed by atoms with van der Waals surface area (Å²) in [5, 5.41) is 10.8. The molecular formula is C12H11FO. The van der Waals surface area contributed by atoms with Crippen molar-refractivity contribution in [3.8, 4) is 0 Å². The lowest BCUT2D eigenvalue weighted by Crippen LogP contribution is -2.02. The second-order valence-corrected chi connectivity index (χ2v) is 3.28. The molecule has 0 saturated heterocycles. The van der Waals surface area contributed by atoms with Gasteiger partial charge in [0.05, 0.1) is 0 Å². The zero-order valence-corrected chi connectivity index (χ0v) is 7.65. The molecule has 0 radical (unpaired) electrons. The number of aliphatic hydroxyl groups is 1. The minimum absolute atomic E-state index is 0.0569. The van der Waals surface area contributed by atoms with Gasteiger partial charge in [0.25, 0.3) is 0 Å². The van der Waals surface area contributed by atoms with Gasteiger partial charge >= 0.3 is 0 Å². The van der Waals surface area contributed by atoms with Crippen LogP contribution in [0.1, 0.15) is 5.56 Å². The monoisotopic (exact) mass is 190 g/mol. The Morgan fingerprint density at radius 3 is 2.57 bits per heavy atom. The van der Waals surface area contributed by atoms with E-state index in [1.165, 1.54) is 0 Å². The van der Waals surface area contributed by atoms with Crippen LogP contribution < -0.4 is 0 Å². The van der Waals surface area contributed by atoms with Crippen molar-refractivity contribution in [1.82, 2.24) is 0 Å². The van der Waals surface area contributed by atoms with E-state index in [0.29, 0.717) is 0 Å². The Bertz CT molecular complexity index is 432. The quantitative estimate of drug-likeness (QED) is 0.771. The first-order chi connectivity index (χ1) is 6.77. The van der Waals surface area contributed by atoms with E-state index in [-0.39, 0.29) is 6.42 Å². The number of halogens is 1. The van der Waals surface area contributed by atoms with E-state index in [9.17, 15) is 4.39 Å². The summed E-state index contributed by atoms with van der Waals surface area (Å²) in [4.78, 5) is 0. The van der Waals surface area contributed by atoms with Crippen LogP contribution in [-0.2, 0) is 6.42 Å². The van der Waals surface area contributed by atoms with Crippen molar-refractivity contribution in [1.29, 1.82) is 0 Å². The lowest BCUT2D eigenvalue weighted by atomic mass is 10.0. The van der Waals surface area contributed by atoms with E-state index in [2.05, 4.69) is 0 Å². The molecule has 0 aliphatic rings. The van der Waals surface area contributed by atoms with Crippen LogP contribution in [0, 0.1) is 0 Å². The predicted molar refractivity (Wildman–Crippen MR) is 54.8 cm³/mol. The molecule has 0 saturated carbocycles. The summed E-state index contributed by atoms with van der Waals surface area (Å²) in [6, 6.07) is 13.5. The van der Waals surface area contributed by atoms with E-state index in [1.54, 1.807) is 0 Å². The van der Waals surface area contributed by atoms with Crippen LogP contribution in [0.3, 0.4) is 0 Å². The Hall–Kier alpha value is -1.41. The molecule has 2 aromatic rings. The highest BCUT2D eigenvalue weighted by molar-refractivity contribution is 5.85. The van der Waals surface area contributed by atoms with Gasteiger partial charge in [0, 0.05) is 6.42 Å². The molecule has 0 heterocycles. The SMILES string of the molecule is OC(F)Cc1cccc2ccccc12. The molecular weight excluding hydrogens is 179 g/mol. The van der Waals surface area contributed by atoms with Crippen LogP contribution in [0.2, 0.25) is 0 Å². The summed E-state index contributed by atoms with van der Waals surface area (Å²) in [7, 11) is 0. The van der Waals surface area contributed by atoms with Crippen molar-refractivity contribution in [3.63, 3.8) is 0 Å². The maximum atomic E-state index is 12.5. The summed E-state index contributed by atoms with van der Waals surface area (Å²) in [6.45, 7) is 0. The predicted octanol–water partition coefficient (Wildman–Crippen LogP) is 2.67. The molecule has 0 aliphatic heterocycles. The standard InChI is InChI=1S/C12H11FO/c13-12(14)8-10-6-3-5-9-4-1-2-7-11(9)10/h1-7,12,14H,8H2. The van der Waals surface area contributed by atoms with Gasteiger partial charge in [-0.2, -0.15) is 0 Å². The van der Waals surface area contributed by atoms with E-state index in [4.69, 9.17) is 5.11 Å². The molecule has 2 rings (SSSR count). The van der Waals surface area contributed by atoms with Gasteiger partial charge in [-0.1, -0.05) is 42.5 Å². The first-order valence-corrected chi connectivity index (χ1v) is 4.56. The number of benzene rings is 2. The molecule has 14 heavy (non-hydrogen) atoms. The Balaban J connectivity index is 2.53. The molecule has 0 bridgehead atoms. The highest BCUT2D eigenvalue weighted by Crippen LogP contribution is 2.19. The van der Waals surface area contributed by atoms with Crippen LogP contribution in [0.4, 0.5) is 4.39 Å². The first kappa shape index (κ1) is 9.16. The zero-order chi connectivity index (χ0) is 9.97. The van der Waals surface area contributed by atoms with E-state index in [0.717, 1.165) is 16.3 Å². The molecule has 72 valence electrons. The lowest BCUT2D eigenvalue weighted by Gasteiger charge is -2.06. The summed E-state index contributed by atoms with van der Waals surface area (Å²) < 4.78 is 12.5. The Labute approximate surface area is 81.8 Å². The molecule has 0 amide bonds. The fourth-order valence-electron chi connectivity index (χ4n) is 1.65. The van der Waals surface area contributed by atoms with Gasteiger partial charge in [0.15, 0.2) is 6.36 Å². The second kappa shape index (κ2) is 3.76. The van der Waals surface area contributed by atoms with Crippen LogP contribution in [0.5, 0.6) is 0 Å². The van der Waals surface area contributed by atoms with Crippen molar-refractivity contribution in [2.45, 2.75) is 12.8 Å². The molecule has 0 aromatic heterocycles. The lowest BCUT2D eigenvalue weighted by molar-refractivity contribution is 0.0433. The minimum atomic E-state index is -1.78. The van der Waals surface area contributed by atoms with Crippen LogP contribution >= 0.6 is 0 Å². The highest BCUT2D eigenvalue weighted by Gasteiger charge is 2.05. The summed E-state index contributed by atoms with van der Waals surface area (Å²) in [5.74, 6) is 0.